The number of fused-ring (bicyclic) bond motifs is 3. The van der Waals surface area contributed by atoms with E-state index in [-0.39, 0.29) is 5.82 Å². The number of aryl methyl sites for hydroxylation is 1. The minimum Gasteiger partial charge on any atom is -0.221 e. The second kappa shape index (κ2) is 5.10. The van der Waals surface area contributed by atoms with E-state index in [9.17, 15) is 4.39 Å². The maximum Gasteiger partial charge on any atom is 0.157 e. The van der Waals surface area contributed by atoms with Crippen molar-refractivity contribution in [2.75, 3.05) is 0 Å². The molecule has 0 aliphatic rings. The van der Waals surface area contributed by atoms with Gasteiger partial charge in [0.2, 0.25) is 0 Å². The first-order chi connectivity index (χ1) is 10.7. The molecule has 0 amide bonds. The van der Waals surface area contributed by atoms with Crippen LogP contribution in [-0.4, -0.2) is 14.6 Å². The minimum absolute atomic E-state index is 0.232. The van der Waals surface area contributed by atoms with Gasteiger partial charge in [-0.05, 0) is 37.3 Å². The van der Waals surface area contributed by atoms with Crippen LogP contribution in [0.5, 0.6) is 0 Å². The summed E-state index contributed by atoms with van der Waals surface area (Å²) in [7, 11) is 0. The molecule has 0 atom stereocenters. The Morgan fingerprint density at radius 2 is 1.82 bits per heavy atom. The fourth-order valence-electron chi connectivity index (χ4n) is 2.44. The molecular formula is C17H12FN3S. The molecule has 4 aromatic rings. The molecule has 4 rings (SSSR count). The van der Waals surface area contributed by atoms with Crippen molar-refractivity contribution in [3.63, 3.8) is 0 Å². The average Bonchev–Trinajstić information content (AvgIpc) is 2.90. The predicted octanol–water partition coefficient (Wildman–Crippen LogP) is 4.48. The smallest absolute Gasteiger partial charge is 0.157 e. The highest BCUT2D eigenvalue weighted by Gasteiger charge is 2.11. The van der Waals surface area contributed by atoms with Gasteiger partial charge >= 0.3 is 0 Å². The van der Waals surface area contributed by atoms with Gasteiger partial charge in [-0.15, -0.1) is 0 Å². The quantitative estimate of drug-likeness (QED) is 0.511. The van der Waals surface area contributed by atoms with Crippen LogP contribution in [0.15, 0.2) is 64.5 Å². The molecule has 0 fully saturated rings. The number of halogens is 1. The molecule has 22 heavy (non-hydrogen) atoms. The third-order valence-electron chi connectivity index (χ3n) is 3.42. The highest BCUT2D eigenvalue weighted by atomic mass is 32.2. The maximum absolute atomic E-state index is 13.1. The summed E-state index contributed by atoms with van der Waals surface area (Å²) in [5.74, 6) is -0.232. The monoisotopic (exact) mass is 309 g/mol. The van der Waals surface area contributed by atoms with E-state index in [2.05, 4.69) is 5.10 Å². The topological polar surface area (TPSA) is 30.2 Å². The van der Waals surface area contributed by atoms with Crippen molar-refractivity contribution in [1.82, 2.24) is 14.6 Å². The van der Waals surface area contributed by atoms with Crippen LogP contribution in [0.25, 0.3) is 16.6 Å². The number of nitrogens with zero attached hydrogens (tertiary/aromatic N) is 3. The Morgan fingerprint density at radius 1 is 1.05 bits per heavy atom. The summed E-state index contributed by atoms with van der Waals surface area (Å²) < 4.78 is 14.9. The van der Waals surface area contributed by atoms with Gasteiger partial charge in [0.25, 0.3) is 0 Å². The average molecular weight is 309 g/mol. The summed E-state index contributed by atoms with van der Waals surface area (Å²) in [5.41, 5.74) is 2.77. The molecule has 0 spiro atoms. The van der Waals surface area contributed by atoms with Crippen molar-refractivity contribution in [3.05, 3.63) is 66.1 Å². The van der Waals surface area contributed by atoms with Crippen molar-refractivity contribution in [2.24, 2.45) is 0 Å². The van der Waals surface area contributed by atoms with E-state index in [1.165, 1.54) is 23.9 Å². The Balaban J connectivity index is 1.92. The van der Waals surface area contributed by atoms with Gasteiger partial charge in [0.15, 0.2) is 5.65 Å². The number of para-hydroxylation sites is 1. The van der Waals surface area contributed by atoms with E-state index < -0.39 is 0 Å². The third kappa shape index (κ3) is 2.23. The summed E-state index contributed by atoms with van der Waals surface area (Å²) in [5, 5.41) is 6.43. The van der Waals surface area contributed by atoms with Crippen LogP contribution in [0.4, 0.5) is 4.39 Å². The van der Waals surface area contributed by atoms with Gasteiger partial charge in [-0.2, -0.15) is 5.10 Å². The molecule has 3 nitrogen and oxygen atoms in total. The molecule has 0 bridgehead atoms. The first-order valence-corrected chi connectivity index (χ1v) is 7.71. The lowest BCUT2D eigenvalue weighted by molar-refractivity contribution is 0.626. The van der Waals surface area contributed by atoms with Crippen LogP contribution >= 0.6 is 11.8 Å². The Morgan fingerprint density at radius 3 is 2.64 bits per heavy atom. The summed E-state index contributed by atoms with van der Waals surface area (Å²) in [4.78, 5) is 5.67. The van der Waals surface area contributed by atoms with Crippen molar-refractivity contribution >= 4 is 28.3 Å². The van der Waals surface area contributed by atoms with Crippen molar-refractivity contribution in [1.29, 1.82) is 0 Å². The SMILES string of the molecule is Cc1cc2nc(Sc3ccc(F)cc3)c3ccccc3n2n1. The third-order valence-corrected chi connectivity index (χ3v) is 4.43. The van der Waals surface area contributed by atoms with Gasteiger partial charge in [0.05, 0.1) is 11.2 Å². The summed E-state index contributed by atoms with van der Waals surface area (Å²) >= 11 is 1.53. The van der Waals surface area contributed by atoms with Gasteiger partial charge < -0.3 is 0 Å². The van der Waals surface area contributed by atoms with Crippen LogP contribution in [0.1, 0.15) is 5.69 Å². The molecule has 0 unspecified atom stereocenters. The highest BCUT2D eigenvalue weighted by molar-refractivity contribution is 7.99. The standard InChI is InChI=1S/C17H12FN3S/c1-11-10-16-19-17(22-13-8-6-12(18)7-9-13)14-4-2-3-5-15(14)21(16)20-11/h2-10H,1H3. The van der Waals surface area contributed by atoms with Crippen LogP contribution < -0.4 is 0 Å². The zero-order valence-corrected chi connectivity index (χ0v) is 12.6. The van der Waals surface area contributed by atoms with E-state index >= 15 is 0 Å². The van der Waals surface area contributed by atoms with Crippen LogP contribution in [0.2, 0.25) is 0 Å². The largest absolute Gasteiger partial charge is 0.221 e. The van der Waals surface area contributed by atoms with E-state index in [0.717, 1.165) is 32.2 Å². The second-order valence-electron chi connectivity index (χ2n) is 5.05. The van der Waals surface area contributed by atoms with Crippen LogP contribution in [-0.2, 0) is 0 Å². The van der Waals surface area contributed by atoms with E-state index in [1.54, 1.807) is 12.1 Å². The van der Waals surface area contributed by atoms with Gasteiger partial charge in [-0.3, -0.25) is 0 Å². The second-order valence-corrected chi connectivity index (χ2v) is 6.11. The summed E-state index contributed by atoms with van der Waals surface area (Å²) in [6, 6.07) is 16.5. The lowest BCUT2D eigenvalue weighted by Gasteiger charge is -2.07. The Labute approximate surface area is 130 Å². The predicted molar refractivity (Wildman–Crippen MR) is 85.8 cm³/mol. The molecule has 0 radical (unpaired) electrons. The molecule has 0 N–H and O–H groups in total. The molecule has 2 aromatic carbocycles. The number of benzene rings is 2. The van der Waals surface area contributed by atoms with E-state index in [0.29, 0.717) is 0 Å². The van der Waals surface area contributed by atoms with Gasteiger partial charge in [0, 0.05) is 16.3 Å². The van der Waals surface area contributed by atoms with Gasteiger partial charge in [-0.25, -0.2) is 13.9 Å². The fraction of sp³-hybridized carbons (Fsp3) is 0.0588. The Kier molecular flexibility index (Phi) is 3.08. The molecule has 0 aliphatic carbocycles. The fourth-order valence-corrected chi connectivity index (χ4v) is 3.36. The maximum atomic E-state index is 13.1. The first-order valence-electron chi connectivity index (χ1n) is 6.89. The highest BCUT2D eigenvalue weighted by Crippen LogP contribution is 2.32. The molecular weight excluding hydrogens is 297 g/mol. The lowest BCUT2D eigenvalue weighted by Crippen LogP contribution is -1.95. The molecule has 0 aliphatic heterocycles. The molecule has 0 saturated heterocycles. The molecule has 2 aromatic heterocycles. The number of hydrogen-bond acceptors (Lipinski definition) is 3. The van der Waals surface area contributed by atoms with Crippen LogP contribution in [0, 0.1) is 12.7 Å². The molecule has 0 saturated carbocycles. The normalized spacial score (nSPS) is 11.4. The number of rotatable bonds is 2. The number of aromatic nitrogens is 3. The Bertz CT molecular complexity index is 976. The van der Waals surface area contributed by atoms with Gasteiger partial charge in [0.1, 0.15) is 10.8 Å². The summed E-state index contributed by atoms with van der Waals surface area (Å²) in [6.07, 6.45) is 0. The van der Waals surface area contributed by atoms with Crippen molar-refractivity contribution in [2.45, 2.75) is 16.8 Å². The molecule has 2 heterocycles. The lowest BCUT2D eigenvalue weighted by atomic mass is 10.2. The first kappa shape index (κ1) is 13.3. The van der Waals surface area contributed by atoms with Crippen LogP contribution in [0.3, 0.4) is 0 Å². The van der Waals surface area contributed by atoms with E-state index in [1.807, 2.05) is 41.8 Å². The Hall–Kier alpha value is -2.40. The van der Waals surface area contributed by atoms with Crippen molar-refractivity contribution in [3.8, 4) is 0 Å². The zero-order chi connectivity index (χ0) is 15.1. The van der Waals surface area contributed by atoms with Crippen molar-refractivity contribution < 1.29 is 4.39 Å². The van der Waals surface area contributed by atoms with Gasteiger partial charge in [-0.1, -0.05) is 30.0 Å². The zero-order valence-electron chi connectivity index (χ0n) is 11.8. The number of hydrogen-bond donors (Lipinski definition) is 0. The molecule has 108 valence electrons. The minimum atomic E-state index is -0.232. The molecule has 5 heteroatoms. The summed E-state index contributed by atoms with van der Waals surface area (Å²) in [6.45, 7) is 1.95. The van der Waals surface area contributed by atoms with E-state index in [4.69, 9.17) is 4.98 Å².